The summed E-state index contributed by atoms with van der Waals surface area (Å²) in [5, 5.41) is 3.70. The van der Waals surface area contributed by atoms with Crippen molar-refractivity contribution >= 4 is 17.6 Å². The second-order valence-corrected chi connectivity index (χ2v) is 5.91. The summed E-state index contributed by atoms with van der Waals surface area (Å²) in [4.78, 5) is 13.6. The Hall–Kier alpha value is -1.26. The van der Waals surface area contributed by atoms with Crippen LogP contribution in [0, 0.1) is 0 Å². The lowest BCUT2D eigenvalue weighted by Crippen LogP contribution is -2.41. The molecule has 0 saturated carbocycles. The molecule has 0 unspecified atom stereocenters. The molecule has 1 saturated heterocycles. The fourth-order valence-corrected chi connectivity index (χ4v) is 2.58. The molecule has 1 atom stereocenters. The number of hydrogen-bond acceptors (Lipinski definition) is 2. The van der Waals surface area contributed by atoms with Crippen LogP contribution in [-0.2, 0) is 11.2 Å². The maximum Gasteiger partial charge on any atom is 0.317 e. The van der Waals surface area contributed by atoms with Gasteiger partial charge in [-0.25, -0.2) is 4.79 Å². The van der Waals surface area contributed by atoms with E-state index in [2.05, 4.69) is 5.32 Å². The molecule has 2 rings (SSSR count). The number of hydrogen-bond donors (Lipinski definition) is 1. The van der Waals surface area contributed by atoms with Crippen molar-refractivity contribution in [1.82, 2.24) is 10.2 Å². The number of likely N-dealkylation sites (N-methyl/N-ethyl adjacent to an activating group) is 1. The van der Waals surface area contributed by atoms with Crippen LogP contribution in [0.4, 0.5) is 4.79 Å². The Balaban J connectivity index is 1.61. The zero-order valence-electron chi connectivity index (χ0n) is 12.5. The van der Waals surface area contributed by atoms with E-state index in [9.17, 15) is 4.79 Å². The molecular weight excluding hydrogens is 288 g/mol. The number of ether oxygens (including phenoxy) is 1. The van der Waals surface area contributed by atoms with E-state index in [4.69, 9.17) is 16.3 Å². The number of carbonyl (C=O) groups is 1. The van der Waals surface area contributed by atoms with Gasteiger partial charge in [0.05, 0.1) is 6.10 Å². The van der Waals surface area contributed by atoms with E-state index in [0.717, 1.165) is 37.3 Å². The maximum absolute atomic E-state index is 11.9. The van der Waals surface area contributed by atoms with E-state index in [1.54, 1.807) is 4.90 Å². The van der Waals surface area contributed by atoms with Crippen molar-refractivity contribution in [3.63, 3.8) is 0 Å². The number of nitrogens with zero attached hydrogens (tertiary/aromatic N) is 1. The minimum absolute atomic E-state index is 0.0263. The van der Waals surface area contributed by atoms with Gasteiger partial charge in [-0.2, -0.15) is 0 Å². The summed E-state index contributed by atoms with van der Waals surface area (Å²) >= 11 is 5.85. The molecule has 1 heterocycles. The van der Waals surface area contributed by atoms with Gasteiger partial charge in [0.25, 0.3) is 0 Å². The monoisotopic (exact) mass is 310 g/mol. The summed E-state index contributed by atoms with van der Waals surface area (Å²) in [6.45, 7) is 2.17. The van der Waals surface area contributed by atoms with Crippen molar-refractivity contribution in [1.29, 1.82) is 0 Å². The van der Waals surface area contributed by atoms with Gasteiger partial charge in [0.15, 0.2) is 0 Å². The number of rotatable bonds is 6. The molecule has 5 heteroatoms. The van der Waals surface area contributed by atoms with Crippen LogP contribution in [0.15, 0.2) is 24.3 Å². The van der Waals surface area contributed by atoms with Crippen LogP contribution in [0.1, 0.15) is 24.8 Å². The first kappa shape index (κ1) is 16.1. The van der Waals surface area contributed by atoms with Gasteiger partial charge in [0.2, 0.25) is 0 Å². The third kappa shape index (κ3) is 5.56. The number of halogens is 1. The topological polar surface area (TPSA) is 41.6 Å². The van der Waals surface area contributed by atoms with E-state index >= 15 is 0 Å². The Morgan fingerprint density at radius 2 is 2.19 bits per heavy atom. The minimum Gasteiger partial charge on any atom is -0.376 e. The molecule has 1 aromatic carbocycles. The first-order valence-corrected chi connectivity index (χ1v) is 7.88. The largest absolute Gasteiger partial charge is 0.376 e. The van der Waals surface area contributed by atoms with Crippen LogP contribution in [0.3, 0.4) is 0 Å². The summed E-state index contributed by atoms with van der Waals surface area (Å²) in [5.41, 5.74) is 1.24. The van der Waals surface area contributed by atoms with Gasteiger partial charge in [-0.1, -0.05) is 23.7 Å². The number of nitrogens with one attached hydrogen (secondary N) is 1. The summed E-state index contributed by atoms with van der Waals surface area (Å²) in [5.74, 6) is 0. The lowest BCUT2D eigenvalue weighted by atomic mass is 10.1. The predicted molar refractivity (Wildman–Crippen MR) is 84.8 cm³/mol. The highest BCUT2D eigenvalue weighted by Crippen LogP contribution is 2.13. The van der Waals surface area contributed by atoms with Crippen molar-refractivity contribution < 1.29 is 9.53 Å². The van der Waals surface area contributed by atoms with E-state index in [-0.39, 0.29) is 12.1 Å². The van der Waals surface area contributed by atoms with Gasteiger partial charge in [-0.05, 0) is 43.4 Å². The molecule has 1 N–H and O–H groups in total. The fourth-order valence-electron chi connectivity index (χ4n) is 2.45. The highest BCUT2D eigenvalue weighted by Gasteiger charge is 2.19. The minimum atomic E-state index is -0.0263. The Morgan fingerprint density at radius 1 is 1.43 bits per heavy atom. The van der Waals surface area contributed by atoms with Crippen molar-refractivity contribution in [2.45, 2.75) is 31.8 Å². The second kappa shape index (κ2) is 8.25. The third-order valence-electron chi connectivity index (χ3n) is 3.68. The Kier molecular flexibility index (Phi) is 6.33. The van der Waals surface area contributed by atoms with Crippen molar-refractivity contribution in [2.24, 2.45) is 0 Å². The molecule has 0 spiro atoms. The second-order valence-electron chi connectivity index (χ2n) is 5.48. The normalized spacial score (nSPS) is 17.7. The van der Waals surface area contributed by atoms with Crippen LogP contribution in [0.25, 0.3) is 0 Å². The van der Waals surface area contributed by atoms with Crippen LogP contribution in [-0.4, -0.2) is 43.8 Å². The van der Waals surface area contributed by atoms with Gasteiger partial charge in [0.1, 0.15) is 0 Å². The van der Waals surface area contributed by atoms with Crippen LogP contribution in [0.2, 0.25) is 5.02 Å². The first-order chi connectivity index (χ1) is 10.1. The van der Waals surface area contributed by atoms with E-state index in [1.165, 1.54) is 5.56 Å². The van der Waals surface area contributed by atoms with Gasteiger partial charge in [-0.3, -0.25) is 0 Å². The standard InChI is InChI=1S/C16H23ClN2O2/c1-19(12-15-5-3-11-21-15)16(20)18-10-2-4-13-6-8-14(17)9-7-13/h6-9,15H,2-5,10-12H2,1H3,(H,18,20)/t15-/m0/s1. The average molecular weight is 311 g/mol. The van der Waals surface area contributed by atoms with Crippen LogP contribution in [0.5, 0.6) is 0 Å². The molecule has 4 nitrogen and oxygen atoms in total. The van der Waals surface area contributed by atoms with E-state index in [0.29, 0.717) is 13.1 Å². The molecule has 1 aromatic rings. The van der Waals surface area contributed by atoms with Gasteiger partial charge in [-0.15, -0.1) is 0 Å². The Bertz CT molecular complexity index is 444. The molecule has 0 bridgehead atoms. The smallest absolute Gasteiger partial charge is 0.317 e. The highest BCUT2D eigenvalue weighted by molar-refractivity contribution is 6.30. The fraction of sp³-hybridized carbons (Fsp3) is 0.562. The molecule has 21 heavy (non-hydrogen) atoms. The summed E-state index contributed by atoms with van der Waals surface area (Å²) in [7, 11) is 1.82. The van der Waals surface area contributed by atoms with Crippen LogP contribution < -0.4 is 5.32 Å². The first-order valence-electron chi connectivity index (χ1n) is 7.50. The molecule has 1 aliphatic rings. The number of aryl methyl sites for hydroxylation is 1. The summed E-state index contributed by atoms with van der Waals surface area (Å²) in [6.07, 6.45) is 4.21. The molecule has 1 fully saturated rings. The average Bonchev–Trinajstić information content (AvgIpc) is 2.98. The molecular formula is C16H23ClN2O2. The number of amides is 2. The molecule has 0 radical (unpaired) electrons. The maximum atomic E-state index is 11.9. The number of carbonyl (C=O) groups excluding carboxylic acids is 1. The third-order valence-corrected chi connectivity index (χ3v) is 3.93. The lowest BCUT2D eigenvalue weighted by molar-refractivity contribution is 0.0875. The van der Waals surface area contributed by atoms with Crippen LogP contribution >= 0.6 is 11.6 Å². The lowest BCUT2D eigenvalue weighted by Gasteiger charge is -2.21. The van der Waals surface area contributed by atoms with Gasteiger partial charge < -0.3 is 15.0 Å². The van der Waals surface area contributed by atoms with Crippen molar-refractivity contribution in [3.8, 4) is 0 Å². The van der Waals surface area contributed by atoms with Gasteiger partial charge >= 0.3 is 6.03 Å². The van der Waals surface area contributed by atoms with E-state index < -0.39 is 0 Å². The van der Waals surface area contributed by atoms with Crippen molar-refractivity contribution in [3.05, 3.63) is 34.9 Å². The van der Waals surface area contributed by atoms with Gasteiger partial charge in [0, 0.05) is 31.8 Å². The molecule has 0 aromatic heterocycles. The Labute approximate surface area is 131 Å². The molecule has 1 aliphatic heterocycles. The summed E-state index contributed by atoms with van der Waals surface area (Å²) in [6, 6.07) is 7.80. The predicted octanol–water partition coefficient (Wildman–Crippen LogP) is 3.09. The number of urea groups is 1. The zero-order chi connectivity index (χ0) is 15.1. The van der Waals surface area contributed by atoms with E-state index in [1.807, 2.05) is 31.3 Å². The molecule has 116 valence electrons. The molecule has 2 amide bonds. The SMILES string of the molecule is CN(C[C@@H]1CCCO1)C(=O)NCCCc1ccc(Cl)cc1. The van der Waals surface area contributed by atoms with Crippen molar-refractivity contribution in [2.75, 3.05) is 26.7 Å². The summed E-state index contributed by atoms with van der Waals surface area (Å²) < 4.78 is 5.53. The molecule has 0 aliphatic carbocycles. The Morgan fingerprint density at radius 3 is 2.86 bits per heavy atom. The number of benzene rings is 1. The quantitative estimate of drug-likeness (QED) is 0.820. The zero-order valence-corrected chi connectivity index (χ0v) is 13.2. The highest BCUT2D eigenvalue weighted by atomic mass is 35.5.